The van der Waals surface area contributed by atoms with Crippen LogP contribution in [0.25, 0.3) is 22.6 Å². The average Bonchev–Trinajstić information content (AvgIpc) is 3.11. The molecular weight excluding hydrogens is 352 g/mol. The Bertz CT molecular complexity index is 1130. The smallest absolute Gasteiger partial charge is 0.337 e. The van der Waals surface area contributed by atoms with Crippen LogP contribution in [0, 0.1) is 0 Å². The second kappa shape index (κ2) is 7.48. The highest BCUT2D eigenvalue weighted by atomic mass is 16.5. The molecule has 0 fully saturated rings. The predicted octanol–water partition coefficient (Wildman–Crippen LogP) is 4.31. The Balaban J connectivity index is 1.91. The summed E-state index contributed by atoms with van der Waals surface area (Å²) in [6.07, 6.45) is 1.86. The van der Waals surface area contributed by atoms with E-state index < -0.39 is 0 Å². The van der Waals surface area contributed by atoms with Crippen LogP contribution in [0.1, 0.15) is 0 Å². The molecular formula is C23H20N2O3. The number of benzene rings is 3. The monoisotopic (exact) mass is 372 g/mol. The number of hydrogen-bond acceptors (Lipinski definition) is 3. The zero-order valence-electron chi connectivity index (χ0n) is 15.7. The minimum absolute atomic E-state index is 0.137. The van der Waals surface area contributed by atoms with Gasteiger partial charge >= 0.3 is 5.69 Å². The lowest BCUT2D eigenvalue weighted by molar-refractivity contribution is 0.414. The van der Waals surface area contributed by atoms with Gasteiger partial charge in [-0.2, -0.15) is 0 Å². The van der Waals surface area contributed by atoms with E-state index in [0.717, 1.165) is 34.1 Å². The molecule has 5 nitrogen and oxygen atoms in total. The molecule has 0 aliphatic rings. The van der Waals surface area contributed by atoms with Gasteiger partial charge in [0.1, 0.15) is 11.5 Å². The van der Waals surface area contributed by atoms with E-state index in [0.29, 0.717) is 0 Å². The van der Waals surface area contributed by atoms with Gasteiger partial charge in [0.05, 0.1) is 31.3 Å². The summed E-state index contributed by atoms with van der Waals surface area (Å²) in [6, 6.07) is 24.7. The van der Waals surface area contributed by atoms with Gasteiger partial charge < -0.3 is 9.47 Å². The number of aromatic nitrogens is 2. The van der Waals surface area contributed by atoms with E-state index >= 15 is 0 Å². The van der Waals surface area contributed by atoms with Gasteiger partial charge in [-0.15, -0.1) is 0 Å². The molecule has 0 spiro atoms. The molecule has 28 heavy (non-hydrogen) atoms. The third-order valence-electron chi connectivity index (χ3n) is 4.64. The first kappa shape index (κ1) is 17.7. The zero-order chi connectivity index (χ0) is 19.5. The number of ether oxygens (including phenoxy) is 2. The quantitative estimate of drug-likeness (QED) is 0.524. The summed E-state index contributed by atoms with van der Waals surface area (Å²) in [4.78, 5) is 13.3. The second-order valence-electron chi connectivity index (χ2n) is 6.26. The van der Waals surface area contributed by atoms with Gasteiger partial charge in [0.25, 0.3) is 0 Å². The van der Waals surface area contributed by atoms with Crippen molar-refractivity contribution in [3.05, 3.63) is 95.5 Å². The highest BCUT2D eigenvalue weighted by Gasteiger charge is 2.16. The number of para-hydroxylation sites is 1. The van der Waals surface area contributed by atoms with E-state index in [1.807, 2.05) is 85.1 Å². The topological polar surface area (TPSA) is 45.4 Å². The lowest BCUT2D eigenvalue weighted by atomic mass is 10.1. The zero-order valence-corrected chi connectivity index (χ0v) is 15.7. The summed E-state index contributed by atoms with van der Waals surface area (Å²) >= 11 is 0. The maximum Gasteiger partial charge on any atom is 0.337 e. The maximum atomic E-state index is 13.3. The molecule has 0 aliphatic heterocycles. The van der Waals surface area contributed by atoms with Gasteiger partial charge in [0.2, 0.25) is 0 Å². The summed E-state index contributed by atoms with van der Waals surface area (Å²) < 4.78 is 13.8. The molecule has 0 unspecified atom stereocenters. The third-order valence-corrected chi connectivity index (χ3v) is 4.64. The molecule has 140 valence electrons. The first-order valence-corrected chi connectivity index (χ1v) is 8.90. The van der Waals surface area contributed by atoms with Gasteiger partial charge in [0.15, 0.2) is 0 Å². The SMILES string of the molecule is COc1ccc(-c2cn(-c3ccc(OC)cc3)c(=O)n2-c2ccccc2)cc1. The fraction of sp³-hybridized carbons (Fsp3) is 0.0870. The minimum atomic E-state index is -0.137. The Hall–Kier alpha value is -3.73. The molecule has 4 rings (SSSR count). The normalized spacial score (nSPS) is 10.6. The number of methoxy groups -OCH3 is 2. The molecule has 5 heteroatoms. The van der Waals surface area contributed by atoms with Crippen molar-refractivity contribution >= 4 is 0 Å². The first-order chi connectivity index (χ1) is 13.7. The molecule has 0 saturated carbocycles. The predicted molar refractivity (Wildman–Crippen MR) is 110 cm³/mol. The van der Waals surface area contributed by atoms with Crippen molar-refractivity contribution in [2.24, 2.45) is 0 Å². The summed E-state index contributed by atoms with van der Waals surface area (Å²) in [5.41, 5.74) is 3.17. The van der Waals surface area contributed by atoms with Crippen LogP contribution >= 0.6 is 0 Å². The van der Waals surface area contributed by atoms with Gasteiger partial charge in [-0.1, -0.05) is 18.2 Å². The van der Waals surface area contributed by atoms with E-state index in [9.17, 15) is 4.79 Å². The van der Waals surface area contributed by atoms with E-state index in [4.69, 9.17) is 9.47 Å². The highest BCUT2D eigenvalue weighted by Crippen LogP contribution is 2.25. The van der Waals surface area contributed by atoms with E-state index in [-0.39, 0.29) is 5.69 Å². The van der Waals surface area contributed by atoms with Gasteiger partial charge in [0, 0.05) is 11.8 Å². The van der Waals surface area contributed by atoms with E-state index in [1.165, 1.54) is 0 Å². The fourth-order valence-corrected chi connectivity index (χ4v) is 3.17. The Morgan fingerprint density at radius 1 is 0.679 bits per heavy atom. The molecule has 0 bridgehead atoms. The first-order valence-electron chi connectivity index (χ1n) is 8.90. The Morgan fingerprint density at radius 3 is 1.82 bits per heavy atom. The Labute approximate surface area is 163 Å². The molecule has 0 atom stereocenters. The number of imidazole rings is 1. The van der Waals surface area contributed by atoms with Crippen LogP contribution in [0.15, 0.2) is 89.9 Å². The van der Waals surface area contributed by atoms with E-state index in [2.05, 4.69) is 0 Å². The fourth-order valence-electron chi connectivity index (χ4n) is 3.17. The van der Waals surface area contributed by atoms with Crippen LogP contribution in [0.2, 0.25) is 0 Å². The Morgan fingerprint density at radius 2 is 1.25 bits per heavy atom. The van der Waals surface area contributed by atoms with Crippen LogP contribution in [0.4, 0.5) is 0 Å². The molecule has 0 amide bonds. The third kappa shape index (κ3) is 3.18. The lowest BCUT2D eigenvalue weighted by Crippen LogP contribution is -2.22. The summed E-state index contributed by atoms with van der Waals surface area (Å²) in [5.74, 6) is 1.52. The lowest BCUT2D eigenvalue weighted by Gasteiger charge is -2.08. The van der Waals surface area contributed by atoms with Crippen molar-refractivity contribution in [1.82, 2.24) is 9.13 Å². The summed E-state index contributed by atoms with van der Waals surface area (Å²) in [5, 5.41) is 0. The number of nitrogens with zero attached hydrogens (tertiary/aromatic N) is 2. The number of hydrogen-bond donors (Lipinski definition) is 0. The van der Waals surface area contributed by atoms with Gasteiger partial charge in [-0.25, -0.2) is 4.79 Å². The van der Waals surface area contributed by atoms with Crippen molar-refractivity contribution in [2.45, 2.75) is 0 Å². The standard InChI is InChI=1S/C23H20N2O3/c1-27-20-12-8-17(9-13-20)22-16-24(18-10-14-21(28-2)15-11-18)23(26)25(22)19-6-4-3-5-7-19/h3-16H,1-2H3. The molecule has 0 saturated heterocycles. The summed E-state index contributed by atoms with van der Waals surface area (Å²) in [6.45, 7) is 0. The average molecular weight is 372 g/mol. The molecule has 1 aromatic heterocycles. The molecule has 4 aromatic rings. The number of rotatable bonds is 5. The Kier molecular flexibility index (Phi) is 4.72. The van der Waals surface area contributed by atoms with Crippen LogP contribution in [-0.4, -0.2) is 23.4 Å². The molecule has 0 N–H and O–H groups in total. The van der Waals surface area contributed by atoms with Crippen molar-refractivity contribution in [3.8, 4) is 34.1 Å². The molecule has 3 aromatic carbocycles. The van der Waals surface area contributed by atoms with Gasteiger partial charge in [-0.05, 0) is 60.7 Å². The minimum Gasteiger partial charge on any atom is -0.497 e. The van der Waals surface area contributed by atoms with Crippen molar-refractivity contribution < 1.29 is 9.47 Å². The van der Waals surface area contributed by atoms with Crippen LogP contribution < -0.4 is 15.2 Å². The van der Waals surface area contributed by atoms with Crippen LogP contribution in [-0.2, 0) is 0 Å². The molecule has 0 radical (unpaired) electrons. The second-order valence-corrected chi connectivity index (χ2v) is 6.26. The maximum absolute atomic E-state index is 13.3. The van der Waals surface area contributed by atoms with Gasteiger partial charge in [-0.3, -0.25) is 9.13 Å². The summed E-state index contributed by atoms with van der Waals surface area (Å²) in [7, 11) is 3.25. The van der Waals surface area contributed by atoms with Crippen LogP contribution in [0.3, 0.4) is 0 Å². The van der Waals surface area contributed by atoms with E-state index in [1.54, 1.807) is 23.4 Å². The molecule has 1 heterocycles. The van der Waals surface area contributed by atoms with Crippen molar-refractivity contribution in [2.75, 3.05) is 14.2 Å². The largest absolute Gasteiger partial charge is 0.497 e. The highest BCUT2D eigenvalue weighted by molar-refractivity contribution is 5.63. The van der Waals surface area contributed by atoms with Crippen molar-refractivity contribution in [1.29, 1.82) is 0 Å². The van der Waals surface area contributed by atoms with Crippen molar-refractivity contribution in [3.63, 3.8) is 0 Å². The molecule has 0 aliphatic carbocycles. The van der Waals surface area contributed by atoms with Crippen LogP contribution in [0.5, 0.6) is 11.5 Å².